The monoisotopic (exact) mass is 247 g/mol. The lowest BCUT2D eigenvalue weighted by molar-refractivity contribution is -0.136. The van der Waals surface area contributed by atoms with Crippen LogP contribution in [0.3, 0.4) is 0 Å². The molecule has 0 fully saturated rings. The number of nitrogens with one attached hydrogen (secondary N) is 1. The van der Waals surface area contributed by atoms with Crippen LogP contribution in [0, 0.1) is 5.82 Å². The van der Waals surface area contributed by atoms with Crippen molar-refractivity contribution in [3.8, 4) is 0 Å². The third kappa shape index (κ3) is 1.59. The Bertz CT molecular complexity index is 579. The molecule has 18 heavy (non-hydrogen) atoms. The summed E-state index contributed by atoms with van der Waals surface area (Å²) in [6.07, 6.45) is 0.0644. The molecular formula is C13H10FNO3. The summed E-state index contributed by atoms with van der Waals surface area (Å²) in [5.74, 6) is -1.66. The lowest BCUT2D eigenvalue weighted by Crippen LogP contribution is -2.32. The maximum Gasteiger partial charge on any atom is 0.336 e. The first-order valence-electron chi connectivity index (χ1n) is 5.61. The summed E-state index contributed by atoms with van der Waals surface area (Å²) in [4.78, 5) is 23.2. The number of hydrogen-bond donors (Lipinski definition) is 1. The minimum Gasteiger partial charge on any atom is -0.456 e. The fourth-order valence-electron chi connectivity index (χ4n) is 2.40. The van der Waals surface area contributed by atoms with E-state index in [1.54, 1.807) is 18.2 Å². The standard InChI is InChI=1S/C13H10FNO3/c14-9-4-2-1-3-7(9)8-5-11(16)15-10-6-18-13(17)12(8)10/h1-4,8H,5-6H2,(H,15,16)/t8-/m1/s1. The molecule has 0 spiro atoms. The zero-order valence-corrected chi connectivity index (χ0v) is 9.40. The maximum atomic E-state index is 13.8. The minimum atomic E-state index is -0.551. The summed E-state index contributed by atoms with van der Waals surface area (Å²) >= 11 is 0. The summed E-state index contributed by atoms with van der Waals surface area (Å²) in [6.45, 7) is 0.0604. The van der Waals surface area contributed by atoms with Gasteiger partial charge in [-0.3, -0.25) is 4.79 Å². The van der Waals surface area contributed by atoms with Gasteiger partial charge in [0.25, 0.3) is 0 Å². The van der Waals surface area contributed by atoms with Crippen LogP contribution in [0.5, 0.6) is 0 Å². The van der Waals surface area contributed by atoms with E-state index in [1.165, 1.54) is 6.07 Å². The van der Waals surface area contributed by atoms with E-state index < -0.39 is 17.7 Å². The molecule has 0 saturated carbocycles. The third-order valence-electron chi connectivity index (χ3n) is 3.20. The fraction of sp³-hybridized carbons (Fsp3) is 0.231. The molecule has 3 rings (SSSR count). The highest BCUT2D eigenvalue weighted by molar-refractivity contribution is 5.98. The first-order chi connectivity index (χ1) is 8.66. The summed E-state index contributed by atoms with van der Waals surface area (Å²) in [5, 5.41) is 2.60. The highest BCUT2D eigenvalue weighted by Gasteiger charge is 2.38. The van der Waals surface area contributed by atoms with Crippen molar-refractivity contribution in [3.63, 3.8) is 0 Å². The molecule has 1 aromatic rings. The molecule has 2 heterocycles. The van der Waals surface area contributed by atoms with Crippen molar-refractivity contribution in [3.05, 3.63) is 46.9 Å². The molecule has 1 N–H and O–H groups in total. The van der Waals surface area contributed by atoms with E-state index in [4.69, 9.17) is 4.74 Å². The van der Waals surface area contributed by atoms with Crippen molar-refractivity contribution in [1.29, 1.82) is 0 Å². The Hall–Kier alpha value is -2.17. The van der Waals surface area contributed by atoms with E-state index in [-0.39, 0.29) is 18.9 Å². The Morgan fingerprint density at radius 1 is 1.28 bits per heavy atom. The first kappa shape index (κ1) is 11.0. The first-order valence-corrected chi connectivity index (χ1v) is 5.61. The van der Waals surface area contributed by atoms with Gasteiger partial charge in [0.15, 0.2) is 0 Å². The van der Waals surface area contributed by atoms with Crippen LogP contribution in [0.25, 0.3) is 0 Å². The minimum absolute atomic E-state index is 0.0604. The van der Waals surface area contributed by atoms with Crippen molar-refractivity contribution in [2.24, 2.45) is 0 Å². The lowest BCUT2D eigenvalue weighted by Gasteiger charge is -2.22. The van der Waals surface area contributed by atoms with Gasteiger partial charge in [0.1, 0.15) is 12.4 Å². The molecule has 4 nitrogen and oxygen atoms in total. The largest absolute Gasteiger partial charge is 0.456 e. The predicted octanol–water partition coefficient (Wildman–Crippen LogP) is 1.24. The Kier molecular flexibility index (Phi) is 2.40. The second-order valence-corrected chi connectivity index (χ2v) is 4.29. The summed E-state index contributed by atoms with van der Waals surface area (Å²) in [6, 6.07) is 6.17. The molecule has 1 aromatic carbocycles. The Morgan fingerprint density at radius 3 is 2.83 bits per heavy atom. The molecule has 5 heteroatoms. The molecular weight excluding hydrogens is 237 g/mol. The van der Waals surface area contributed by atoms with Crippen LogP contribution in [-0.2, 0) is 14.3 Å². The number of ether oxygens (including phenoxy) is 1. The molecule has 1 amide bonds. The topological polar surface area (TPSA) is 55.4 Å². The maximum absolute atomic E-state index is 13.8. The van der Waals surface area contributed by atoms with Crippen LogP contribution in [0.1, 0.15) is 17.9 Å². The van der Waals surface area contributed by atoms with Crippen LogP contribution < -0.4 is 5.32 Å². The van der Waals surface area contributed by atoms with Crippen LogP contribution in [-0.4, -0.2) is 18.5 Å². The van der Waals surface area contributed by atoms with Crippen molar-refractivity contribution in [2.75, 3.05) is 6.61 Å². The molecule has 0 aromatic heterocycles. The number of carbonyl (C=O) groups is 2. The fourth-order valence-corrected chi connectivity index (χ4v) is 2.40. The van der Waals surface area contributed by atoms with Crippen molar-refractivity contribution in [2.45, 2.75) is 12.3 Å². The van der Waals surface area contributed by atoms with E-state index in [0.29, 0.717) is 16.8 Å². The number of rotatable bonds is 1. The van der Waals surface area contributed by atoms with Crippen molar-refractivity contribution in [1.82, 2.24) is 5.32 Å². The summed E-state index contributed by atoms with van der Waals surface area (Å²) in [5.41, 5.74) is 1.20. The molecule has 0 aliphatic carbocycles. The highest BCUT2D eigenvalue weighted by atomic mass is 19.1. The molecule has 92 valence electrons. The van der Waals surface area contributed by atoms with Gasteiger partial charge >= 0.3 is 5.97 Å². The van der Waals surface area contributed by atoms with E-state index in [0.717, 1.165) is 0 Å². The van der Waals surface area contributed by atoms with Gasteiger partial charge in [0, 0.05) is 12.3 Å². The number of hydrogen-bond acceptors (Lipinski definition) is 3. The SMILES string of the molecule is O=C1C[C@H](c2ccccc2F)C2=C(COC2=O)N1. The molecule has 0 unspecified atom stereocenters. The van der Waals surface area contributed by atoms with Crippen LogP contribution >= 0.6 is 0 Å². The van der Waals surface area contributed by atoms with Gasteiger partial charge in [0.05, 0.1) is 11.3 Å². The molecule has 1 atom stereocenters. The summed E-state index contributed by atoms with van der Waals surface area (Å²) in [7, 11) is 0. The Morgan fingerprint density at radius 2 is 2.06 bits per heavy atom. The number of amides is 1. The van der Waals surface area contributed by atoms with Gasteiger partial charge in [-0.25, -0.2) is 9.18 Å². The van der Waals surface area contributed by atoms with Gasteiger partial charge in [-0.2, -0.15) is 0 Å². The molecule has 0 saturated heterocycles. The second-order valence-electron chi connectivity index (χ2n) is 4.29. The quantitative estimate of drug-likeness (QED) is 0.760. The van der Waals surface area contributed by atoms with Gasteiger partial charge in [0.2, 0.25) is 5.91 Å². The van der Waals surface area contributed by atoms with Crippen molar-refractivity contribution < 1.29 is 18.7 Å². The smallest absolute Gasteiger partial charge is 0.336 e. The number of cyclic esters (lactones) is 1. The molecule has 0 radical (unpaired) electrons. The second kappa shape index (κ2) is 3.94. The summed E-state index contributed by atoms with van der Waals surface area (Å²) < 4.78 is 18.7. The van der Waals surface area contributed by atoms with Crippen LogP contribution in [0.15, 0.2) is 35.5 Å². The van der Waals surface area contributed by atoms with Gasteiger partial charge in [-0.05, 0) is 11.6 Å². The predicted molar refractivity (Wildman–Crippen MR) is 59.9 cm³/mol. The zero-order valence-electron chi connectivity index (χ0n) is 9.40. The normalized spacial score (nSPS) is 22.6. The number of carbonyl (C=O) groups excluding carboxylic acids is 2. The average Bonchev–Trinajstić information content (AvgIpc) is 2.71. The van der Waals surface area contributed by atoms with E-state index in [1.807, 2.05) is 0 Å². The molecule has 2 aliphatic rings. The van der Waals surface area contributed by atoms with Crippen molar-refractivity contribution >= 4 is 11.9 Å². The lowest BCUT2D eigenvalue weighted by atomic mass is 9.85. The van der Waals surface area contributed by atoms with Crippen LogP contribution in [0.2, 0.25) is 0 Å². The van der Waals surface area contributed by atoms with Gasteiger partial charge in [-0.15, -0.1) is 0 Å². The average molecular weight is 247 g/mol. The number of benzene rings is 1. The highest BCUT2D eigenvalue weighted by Crippen LogP contribution is 2.37. The number of halogens is 1. The van der Waals surface area contributed by atoms with E-state index >= 15 is 0 Å². The van der Waals surface area contributed by atoms with Crippen LogP contribution in [0.4, 0.5) is 4.39 Å². The van der Waals surface area contributed by atoms with Gasteiger partial charge < -0.3 is 10.1 Å². The third-order valence-corrected chi connectivity index (χ3v) is 3.20. The number of esters is 1. The zero-order chi connectivity index (χ0) is 12.7. The van der Waals surface area contributed by atoms with Gasteiger partial charge in [-0.1, -0.05) is 18.2 Å². The molecule has 0 bridgehead atoms. The van der Waals surface area contributed by atoms with E-state index in [2.05, 4.69) is 5.32 Å². The Labute approximate surface area is 102 Å². The van der Waals surface area contributed by atoms with E-state index in [9.17, 15) is 14.0 Å². The Balaban J connectivity index is 2.10. The molecule has 2 aliphatic heterocycles.